The smallest absolute Gasteiger partial charge is 0.393 e. The maximum Gasteiger partial charge on any atom is 0.481 e. The second-order valence-corrected chi connectivity index (χ2v) is 13.5. The van der Waals surface area contributed by atoms with Crippen molar-refractivity contribution in [2.75, 3.05) is 18.9 Å². The van der Waals surface area contributed by atoms with Gasteiger partial charge in [-0.05, 0) is 17.9 Å². The zero-order valence-electron chi connectivity index (χ0n) is 21.1. The Balaban J connectivity index is 1.44. The molecule has 12 atom stereocenters. The molecular weight excluding hydrogens is 638 g/mol. The molecule has 23 heteroatoms. The van der Waals surface area contributed by atoms with Gasteiger partial charge in [0, 0.05) is 0 Å². The van der Waals surface area contributed by atoms with Crippen LogP contribution in [0.2, 0.25) is 0 Å². The molecule has 2 aliphatic heterocycles. The van der Waals surface area contributed by atoms with E-state index in [4.69, 9.17) is 24.8 Å². The molecule has 0 bridgehead atoms. The number of rotatable bonds is 11. The SMILES string of the molecule is C=C[C@@]1(F)[C@H](O)[C@@H](COP(O)(=S)OP(=O)(O)OC2OC([C@@H](F)CO)C(O)C(O)C2O)O[C@H]1n1cnc2c(N)ncnc21. The topological polar surface area (TPSA) is 274 Å². The summed E-state index contributed by atoms with van der Waals surface area (Å²) in [5, 5.41) is 49.4. The quantitative estimate of drug-likeness (QED) is 0.0958. The van der Waals surface area contributed by atoms with E-state index in [2.05, 4.69) is 42.2 Å². The minimum Gasteiger partial charge on any atom is -0.393 e. The number of phosphoric ester groups is 1. The molecule has 2 aliphatic rings. The molecule has 2 saturated heterocycles. The van der Waals surface area contributed by atoms with Gasteiger partial charge in [0.2, 0.25) is 5.67 Å². The number of nitrogens with zero attached hydrogens (tertiary/aromatic N) is 4. The lowest BCUT2D eigenvalue weighted by atomic mass is 9.96. The van der Waals surface area contributed by atoms with Gasteiger partial charge in [-0.2, -0.15) is 0 Å². The summed E-state index contributed by atoms with van der Waals surface area (Å²) < 4.78 is 67.9. The van der Waals surface area contributed by atoms with Crippen LogP contribution in [0.4, 0.5) is 14.6 Å². The monoisotopic (exact) mass is 665 g/mol. The predicted molar refractivity (Wildman–Crippen MR) is 137 cm³/mol. The maximum atomic E-state index is 15.9. The molecule has 42 heavy (non-hydrogen) atoms. The number of phosphoric acid groups is 1. The Labute approximate surface area is 239 Å². The zero-order valence-corrected chi connectivity index (χ0v) is 23.7. The number of anilines is 1. The number of imidazole rings is 1. The van der Waals surface area contributed by atoms with Crippen LogP contribution < -0.4 is 5.73 Å². The van der Waals surface area contributed by atoms with E-state index in [0.717, 1.165) is 23.3 Å². The largest absolute Gasteiger partial charge is 0.481 e. The average Bonchev–Trinajstić information content (AvgIpc) is 3.46. The van der Waals surface area contributed by atoms with Crippen molar-refractivity contribution in [2.45, 2.75) is 61.0 Å². The average molecular weight is 665 g/mol. The van der Waals surface area contributed by atoms with E-state index in [9.17, 15) is 39.2 Å². The molecule has 7 unspecified atom stereocenters. The number of aromatic nitrogens is 4. The molecule has 0 saturated carbocycles. The molecule has 4 rings (SSSR count). The Morgan fingerprint density at radius 1 is 1.21 bits per heavy atom. The van der Waals surface area contributed by atoms with E-state index in [1.807, 2.05) is 0 Å². The molecule has 0 aromatic carbocycles. The summed E-state index contributed by atoms with van der Waals surface area (Å²) in [4.78, 5) is 32.2. The fourth-order valence-electron chi connectivity index (χ4n) is 4.28. The van der Waals surface area contributed by atoms with Crippen LogP contribution in [0.25, 0.3) is 11.2 Å². The van der Waals surface area contributed by atoms with Crippen molar-refractivity contribution in [3.05, 3.63) is 25.3 Å². The Bertz CT molecular complexity index is 1400. The van der Waals surface area contributed by atoms with Gasteiger partial charge in [-0.3, -0.25) is 9.09 Å². The minimum absolute atomic E-state index is 0.0146. The highest BCUT2D eigenvalue weighted by Crippen LogP contribution is 2.62. The first-order chi connectivity index (χ1) is 19.5. The molecule has 0 spiro atoms. The lowest BCUT2D eigenvalue weighted by Crippen LogP contribution is -2.60. The third kappa shape index (κ3) is 6.41. The molecule has 2 aromatic heterocycles. The Morgan fingerprint density at radius 2 is 1.90 bits per heavy atom. The van der Waals surface area contributed by atoms with E-state index < -0.39 is 88.7 Å². The molecule has 236 valence electrons. The highest BCUT2D eigenvalue weighted by molar-refractivity contribution is 8.08. The number of aliphatic hydroxyl groups is 5. The number of aliphatic hydroxyl groups excluding tert-OH is 5. The first-order valence-electron chi connectivity index (χ1n) is 11.8. The van der Waals surface area contributed by atoms with Crippen LogP contribution in [0.3, 0.4) is 0 Å². The van der Waals surface area contributed by atoms with Crippen molar-refractivity contribution in [3.8, 4) is 0 Å². The summed E-state index contributed by atoms with van der Waals surface area (Å²) >= 11 is 4.69. The summed E-state index contributed by atoms with van der Waals surface area (Å²) in [5.41, 5.74) is 3.22. The zero-order chi connectivity index (χ0) is 31.2. The van der Waals surface area contributed by atoms with Crippen LogP contribution in [0.5, 0.6) is 0 Å². The fourth-order valence-corrected chi connectivity index (χ4v) is 7.38. The summed E-state index contributed by atoms with van der Waals surface area (Å²) in [7, 11) is -5.55. The van der Waals surface area contributed by atoms with Gasteiger partial charge in [-0.15, -0.1) is 0 Å². The summed E-state index contributed by atoms with van der Waals surface area (Å²) in [5.74, 6) is -0.0146. The van der Waals surface area contributed by atoms with Gasteiger partial charge in [0.05, 0.1) is 19.5 Å². The van der Waals surface area contributed by atoms with Crippen molar-refractivity contribution in [1.82, 2.24) is 19.5 Å². The van der Waals surface area contributed by atoms with Crippen LogP contribution in [0, 0.1) is 0 Å². The highest BCUT2D eigenvalue weighted by Gasteiger charge is 2.57. The van der Waals surface area contributed by atoms with Crippen molar-refractivity contribution in [2.24, 2.45) is 0 Å². The fraction of sp³-hybridized carbons (Fsp3) is 0.632. The highest BCUT2D eigenvalue weighted by atomic mass is 32.5. The summed E-state index contributed by atoms with van der Waals surface area (Å²) in [6.45, 7) is -3.50. The number of nitrogen functional groups attached to an aromatic ring is 1. The lowest BCUT2D eigenvalue weighted by Gasteiger charge is -2.41. The van der Waals surface area contributed by atoms with Crippen LogP contribution in [-0.2, 0) is 39.2 Å². The molecule has 9 N–H and O–H groups in total. The number of halogens is 2. The van der Waals surface area contributed by atoms with E-state index in [1.165, 1.54) is 0 Å². The normalized spacial score (nSPS) is 37.3. The number of hydrogen-bond acceptors (Lipinski definition) is 16. The van der Waals surface area contributed by atoms with Crippen LogP contribution in [0.15, 0.2) is 25.3 Å². The van der Waals surface area contributed by atoms with Crippen molar-refractivity contribution in [1.29, 1.82) is 0 Å². The molecule has 0 radical (unpaired) electrons. The number of alkyl halides is 2. The van der Waals surface area contributed by atoms with Gasteiger partial charge in [0.25, 0.3) is 0 Å². The molecular formula is C19H27F2N5O13P2S. The Morgan fingerprint density at radius 3 is 2.55 bits per heavy atom. The molecule has 0 aliphatic carbocycles. The van der Waals surface area contributed by atoms with Crippen molar-refractivity contribution >= 4 is 43.3 Å². The molecule has 2 aromatic rings. The second kappa shape index (κ2) is 12.4. The summed E-state index contributed by atoms with van der Waals surface area (Å²) in [6.07, 6.45) is -15.3. The van der Waals surface area contributed by atoms with Crippen LogP contribution in [-0.4, -0.2) is 123 Å². The first-order valence-corrected chi connectivity index (χ1v) is 15.9. The van der Waals surface area contributed by atoms with E-state index >= 15 is 4.39 Å². The number of nitrogens with two attached hydrogens (primary N) is 1. The van der Waals surface area contributed by atoms with E-state index in [-0.39, 0.29) is 17.0 Å². The third-order valence-electron chi connectivity index (χ3n) is 6.42. The van der Waals surface area contributed by atoms with Crippen molar-refractivity contribution < 1.29 is 71.5 Å². The maximum absolute atomic E-state index is 15.9. The lowest BCUT2D eigenvalue weighted by molar-refractivity contribution is -0.287. The van der Waals surface area contributed by atoms with E-state index in [0.29, 0.717) is 0 Å². The van der Waals surface area contributed by atoms with Gasteiger partial charge in [-0.25, -0.2) is 32.6 Å². The molecule has 18 nitrogen and oxygen atoms in total. The predicted octanol–water partition coefficient (Wildman–Crippen LogP) is -1.93. The minimum atomic E-state index is -5.55. The number of ether oxygens (including phenoxy) is 2. The van der Waals surface area contributed by atoms with Gasteiger partial charge in [0.1, 0.15) is 48.5 Å². The Kier molecular flexibility index (Phi) is 9.81. The third-order valence-corrected chi connectivity index (χ3v) is 9.94. The standard InChI is InChI=1S/C19H27F2N5O13P2S/c1-2-19(21)14(31)8(36-18(19)26-6-25-9-15(22)23-5-24-16(9)26)4-35-41(34,42)39-40(32,33)38-17-12(30)10(28)11(29)13(37-17)7(20)3-27/h2,5-8,10-14,17-18,27-31H,1,3-4H2,(H,32,33)(H,34,42)(H2,22,23,24)/t7-,8+,10?,11?,12?,13?,14+,17?,18+,19+,41?/m0/s1. The molecule has 4 heterocycles. The van der Waals surface area contributed by atoms with Crippen LogP contribution in [0.1, 0.15) is 6.23 Å². The van der Waals surface area contributed by atoms with Gasteiger partial charge < -0.3 is 55.1 Å². The second-order valence-electron chi connectivity index (χ2n) is 9.15. The summed E-state index contributed by atoms with van der Waals surface area (Å²) in [6, 6.07) is 0. The first kappa shape index (κ1) is 33.2. The molecule has 2 fully saturated rings. The molecule has 0 amide bonds. The van der Waals surface area contributed by atoms with Gasteiger partial charge in [-0.1, -0.05) is 6.58 Å². The van der Waals surface area contributed by atoms with Crippen molar-refractivity contribution in [3.63, 3.8) is 0 Å². The number of hydrogen-bond donors (Lipinski definition) is 8. The van der Waals surface area contributed by atoms with Crippen LogP contribution >= 0.6 is 14.5 Å². The van der Waals surface area contributed by atoms with Gasteiger partial charge >= 0.3 is 14.5 Å². The Hall–Kier alpha value is -1.65. The number of fused-ring (bicyclic) bond motifs is 1. The van der Waals surface area contributed by atoms with Gasteiger partial charge in [0.15, 0.2) is 30.2 Å². The van der Waals surface area contributed by atoms with E-state index in [1.54, 1.807) is 0 Å².